The van der Waals surface area contributed by atoms with Gasteiger partial charge in [0.25, 0.3) is 0 Å². The van der Waals surface area contributed by atoms with Gasteiger partial charge in [-0.2, -0.15) is 0 Å². The van der Waals surface area contributed by atoms with E-state index >= 15 is 0 Å². The Bertz CT molecular complexity index is 523. The molecule has 0 heterocycles. The number of nitrogens with two attached hydrogens (primary N) is 1. The van der Waals surface area contributed by atoms with E-state index < -0.39 is 27.5 Å². The number of hydrogen-bond acceptors (Lipinski definition) is 4. The van der Waals surface area contributed by atoms with Crippen molar-refractivity contribution in [2.45, 2.75) is 17.9 Å². The third kappa shape index (κ3) is 2.86. The third-order valence-electron chi connectivity index (χ3n) is 2.00. The molecule has 0 fully saturated rings. The molecule has 4 nitrogen and oxygen atoms in total. The first-order valence-corrected chi connectivity index (χ1v) is 6.41. The van der Waals surface area contributed by atoms with E-state index in [4.69, 9.17) is 5.73 Å². The lowest BCUT2D eigenvalue weighted by molar-refractivity contribution is 0.0967. The van der Waals surface area contributed by atoms with Gasteiger partial charge < -0.3 is 5.73 Å². The molecule has 0 aliphatic rings. The highest BCUT2D eigenvalue weighted by Gasteiger charge is 2.16. The maximum atomic E-state index is 13.1. The van der Waals surface area contributed by atoms with Gasteiger partial charge in [-0.15, -0.1) is 0 Å². The van der Waals surface area contributed by atoms with Crippen molar-refractivity contribution in [3.05, 3.63) is 29.6 Å². The van der Waals surface area contributed by atoms with Gasteiger partial charge in [-0.1, -0.05) is 0 Å². The zero-order valence-corrected chi connectivity index (χ0v) is 9.71. The Balaban J connectivity index is 3.35. The normalized spacial score (nSPS) is 13.5. The first-order valence-electron chi connectivity index (χ1n) is 4.52. The van der Waals surface area contributed by atoms with Crippen molar-refractivity contribution in [2.75, 3.05) is 6.26 Å². The molecule has 0 aliphatic carbocycles. The van der Waals surface area contributed by atoms with Crippen LogP contribution in [0.5, 0.6) is 0 Å². The number of rotatable bonds is 3. The van der Waals surface area contributed by atoms with Crippen LogP contribution in [0.4, 0.5) is 4.39 Å². The molecule has 0 spiro atoms. The van der Waals surface area contributed by atoms with Crippen LogP contribution in [0.25, 0.3) is 0 Å². The highest BCUT2D eigenvalue weighted by atomic mass is 32.2. The summed E-state index contributed by atoms with van der Waals surface area (Å²) in [5.41, 5.74) is 5.32. The molecule has 16 heavy (non-hydrogen) atoms. The predicted molar refractivity (Wildman–Crippen MR) is 57.5 cm³/mol. The van der Waals surface area contributed by atoms with E-state index in [0.717, 1.165) is 24.5 Å². The summed E-state index contributed by atoms with van der Waals surface area (Å²) in [6, 6.07) is 2.17. The van der Waals surface area contributed by atoms with E-state index in [1.165, 1.54) is 6.92 Å². The quantitative estimate of drug-likeness (QED) is 0.797. The zero-order valence-electron chi connectivity index (χ0n) is 8.90. The smallest absolute Gasteiger partial charge is 0.179 e. The summed E-state index contributed by atoms with van der Waals surface area (Å²) in [5.74, 6) is -1.27. The fraction of sp³-hybridized carbons (Fsp3) is 0.300. The molecular formula is C10H12FNO3S. The van der Waals surface area contributed by atoms with Crippen LogP contribution in [0, 0.1) is 5.82 Å². The van der Waals surface area contributed by atoms with Crippen LogP contribution < -0.4 is 5.73 Å². The van der Waals surface area contributed by atoms with Gasteiger partial charge in [0.15, 0.2) is 15.6 Å². The Kier molecular flexibility index (Phi) is 3.44. The van der Waals surface area contributed by atoms with Crippen molar-refractivity contribution in [3.8, 4) is 0 Å². The molecule has 1 unspecified atom stereocenters. The molecule has 0 aromatic heterocycles. The maximum absolute atomic E-state index is 13.1. The van der Waals surface area contributed by atoms with Crippen LogP contribution in [0.2, 0.25) is 0 Å². The maximum Gasteiger partial charge on any atom is 0.179 e. The molecule has 0 aliphatic heterocycles. The lowest BCUT2D eigenvalue weighted by atomic mass is 10.1. The van der Waals surface area contributed by atoms with E-state index in [0.29, 0.717) is 0 Å². The van der Waals surface area contributed by atoms with Crippen molar-refractivity contribution in [1.29, 1.82) is 0 Å². The van der Waals surface area contributed by atoms with E-state index in [1.807, 2.05) is 0 Å². The fourth-order valence-corrected chi connectivity index (χ4v) is 1.85. The molecule has 0 amide bonds. The monoisotopic (exact) mass is 245 g/mol. The Morgan fingerprint density at radius 3 is 2.38 bits per heavy atom. The molecule has 1 aromatic rings. The van der Waals surface area contributed by atoms with Crippen LogP contribution in [0.3, 0.4) is 0 Å². The number of carbonyl (C=O) groups is 1. The highest BCUT2D eigenvalue weighted by Crippen LogP contribution is 2.15. The van der Waals surface area contributed by atoms with Crippen LogP contribution in [0.1, 0.15) is 17.3 Å². The van der Waals surface area contributed by atoms with Crippen molar-refractivity contribution in [3.63, 3.8) is 0 Å². The standard InChI is InChI=1S/C10H12FNO3S/c1-6(12)10(13)7-3-8(11)5-9(4-7)16(2,14)15/h3-6H,12H2,1-2H3. The number of halogens is 1. The van der Waals surface area contributed by atoms with Crippen molar-refractivity contribution in [2.24, 2.45) is 5.73 Å². The first-order chi connectivity index (χ1) is 7.21. The van der Waals surface area contributed by atoms with Crippen LogP contribution in [-0.2, 0) is 9.84 Å². The minimum absolute atomic E-state index is 0.0320. The average molecular weight is 245 g/mol. The van der Waals surface area contributed by atoms with Gasteiger partial charge >= 0.3 is 0 Å². The number of sulfone groups is 1. The summed E-state index contributed by atoms with van der Waals surface area (Å²) in [7, 11) is -3.54. The lowest BCUT2D eigenvalue weighted by Crippen LogP contribution is -2.26. The Hall–Kier alpha value is -1.27. The second-order valence-corrected chi connectivity index (χ2v) is 5.62. The van der Waals surface area contributed by atoms with Crippen LogP contribution >= 0.6 is 0 Å². The largest absolute Gasteiger partial charge is 0.321 e. The van der Waals surface area contributed by atoms with Gasteiger partial charge in [0.05, 0.1) is 10.9 Å². The molecule has 1 rings (SSSR count). The lowest BCUT2D eigenvalue weighted by Gasteiger charge is -2.06. The topological polar surface area (TPSA) is 77.2 Å². The fourth-order valence-electron chi connectivity index (χ4n) is 1.18. The van der Waals surface area contributed by atoms with Crippen LogP contribution in [0.15, 0.2) is 23.1 Å². The number of ketones is 1. The van der Waals surface area contributed by atoms with Gasteiger partial charge in [-0.3, -0.25) is 4.79 Å². The SMILES string of the molecule is CC(N)C(=O)c1cc(F)cc(S(C)(=O)=O)c1. The molecular weight excluding hydrogens is 233 g/mol. The molecule has 0 radical (unpaired) electrons. The number of carbonyl (C=O) groups excluding carboxylic acids is 1. The Morgan fingerprint density at radius 1 is 1.38 bits per heavy atom. The Morgan fingerprint density at radius 2 is 1.94 bits per heavy atom. The van der Waals surface area contributed by atoms with Gasteiger partial charge in [0.2, 0.25) is 0 Å². The van der Waals surface area contributed by atoms with E-state index in [1.54, 1.807) is 0 Å². The second kappa shape index (κ2) is 4.31. The van der Waals surface area contributed by atoms with Gasteiger partial charge in [0, 0.05) is 11.8 Å². The third-order valence-corrected chi connectivity index (χ3v) is 3.09. The van der Waals surface area contributed by atoms with Crippen molar-refractivity contribution >= 4 is 15.6 Å². The zero-order chi connectivity index (χ0) is 12.5. The van der Waals surface area contributed by atoms with Gasteiger partial charge in [-0.25, -0.2) is 12.8 Å². The number of hydrogen-bond donors (Lipinski definition) is 1. The number of Topliss-reactive ketones (excluding diaryl/α,β-unsaturated/α-hetero) is 1. The molecule has 2 N–H and O–H groups in total. The molecule has 88 valence electrons. The van der Waals surface area contributed by atoms with Crippen LogP contribution in [-0.4, -0.2) is 26.5 Å². The average Bonchev–Trinajstić information content (AvgIpc) is 2.14. The molecule has 0 saturated heterocycles. The van der Waals surface area contributed by atoms with E-state index in [2.05, 4.69) is 0 Å². The summed E-state index contributed by atoms with van der Waals surface area (Å²) in [5, 5.41) is 0. The number of benzene rings is 1. The van der Waals surface area contributed by atoms with Crippen molar-refractivity contribution in [1.82, 2.24) is 0 Å². The van der Waals surface area contributed by atoms with Gasteiger partial charge in [-0.05, 0) is 25.1 Å². The highest BCUT2D eigenvalue weighted by molar-refractivity contribution is 7.90. The molecule has 1 atom stereocenters. The summed E-state index contributed by atoms with van der Waals surface area (Å²) in [6.07, 6.45) is 0.946. The predicted octanol–water partition coefficient (Wildman–Crippen LogP) is 0.759. The molecule has 0 saturated carbocycles. The minimum atomic E-state index is -3.54. The summed E-state index contributed by atoms with van der Waals surface area (Å²) >= 11 is 0. The summed E-state index contributed by atoms with van der Waals surface area (Å²) < 4.78 is 35.6. The summed E-state index contributed by atoms with van der Waals surface area (Å²) in [6.45, 7) is 1.45. The minimum Gasteiger partial charge on any atom is -0.321 e. The first kappa shape index (κ1) is 12.8. The second-order valence-electron chi connectivity index (χ2n) is 3.60. The Labute approximate surface area is 93.2 Å². The summed E-state index contributed by atoms with van der Waals surface area (Å²) in [4.78, 5) is 11.3. The van der Waals surface area contributed by atoms with E-state index in [9.17, 15) is 17.6 Å². The van der Waals surface area contributed by atoms with Crippen molar-refractivity contribution < 1.29 is 17.6 Å². The molecule has 6 heteroatoms. The molecule has 1 aromatic carbocycles. The van der Waals surface area contributed by atoms with Gasteiger partial charge in [0.1, 0.15) is 5.82 Å². The van der Waals surface area contributed by atoms with E-state index in [-0.39, 0.29) is 10.5 Å². The molecule has 0 bridgehead atoms.